The zero-order valence-corrected chi connectivity index (χ0v) is 14.1. The molecule has 0 aliphatic carbocycles. The van der Waals surface area contributed by atoms with Gasteiger partial charge >= 0.3 is 0 Å². The fraction of sp³-hybridized carbons (Fsp3) is 0. The molecule has 3 aromatic heterocycles. The Morgan fingerprint density at radius 3 is 2.73 bits per heavy atom. The standard InChI is InChI=1S/C19H11ClFN5/c20-12-4-7-14-15(10-12)24-18(23-14)17-16(11-2-5-13(21)6-3-11)25-19-22-8-1-9-26(17)19/h1-10H,(H,23,24). The Balaban J connectivity index is 1.82. The van der Waals surface area contributed by atoms with Crippen LogP contribution in [0.3, 0.4) is 0 Å². The maximum atomic E-state index is 13.3. The van der Waals surface area contributed by atoms with Crippen LogP contribution in [0.15, 0.2) is 60.9 Å². The van der Waals surface area contributed by atoms with Crippen molar-refractivity contribution < 1.29 is 4.39 Å². The number of nitrogens with zero attached hydrogens (tertiary/aromatic N) is 4. The van der Waals surface area contributed by atoms with Gasteiger partial charge in [0.1, 0.15) is 17.2 Å². The molecule has 0 fully saturated rings. The zero-order valence-electron chi connectivity index (χ0n) is 13.3. The Bertz CT molecular complexity index is 1260. The van der Waals surface area contributed by atoms with Crippen LogP contribution in [0.25, 0.3) is 39.6 Å². The third kappa shape index (κ3) is 2.34. The van der Waals surface area contributed by atoms with Gasteiger partial charge in [-0.3, -0.25) is 4.40 Å². The van der Waals surface area contributed by atoms with E-state index in [1.807, 2.05) is 28.8 Å². The van der Waals surface area contributed by atoms with Gasteiger partial charge < -0.3 is 4.98 Å². The van der Waals surface area contributed by atoms with Gasteiger partial charge in [0.25, 0.3) is 0 Å². The fourth-order valence-corrected chi connectivity index (χ4v) is 3.19. The lowest BCUT2D eigenvalue weighted by Crippen LogP contribution is -1.92. The first-order valence-electron chi connectivity index (χ1n) is 7.94. The fourth-order valence-electron chi connectivity index (χ4n) is 3.02. The van der Waals surface area contributed by atoms with Crippen molar-refractivity contribution in [2.75, 3.05) is 0 Å². The van der Waals surface area contributed by atoms with E-state index in [1.54, 1.807) is 24.4 Å². The van der Waals surface area contributed by atoms with Crippen molar-refractivity contribution in [2.24, 2.45) is 0 Å². The lowest BCUT2D eigenvalue weighted by atomic mass is 10.1. The van der Waals surface area contributed by atoms with E-state index in [2.05, 4.69) is 19.9 Å². The summed E-state index contributed by atoms with van der Waals surface area (Å²) in [6.45, 7) is 0. The highest BCUT2D eigenvalue weighted by Crippen LogP contribution is 2.32. The molecular weight excluding hydrogens is 353 g/mol. The lowest BCUT2D eigenvalue weighted by molar-refractivity contribution is 0.628. The maximum absolute atomic E-state index is 13.3. The van der Waals surface area contributed by atoms with E-state index in [4.69, 9.17) is 11.6 Å². The van der Waals surface area contributed by atoms with Crippen LogP contribution in [-0.2, 0) is 0 Å². The van der Waals surface area contributed by atoms with Gasteiger partial charge in [0, 0.05) is 23.0 Å². The van der Waals surface area contributed by atoms with Gasteiger partial charge in [-0.1, -0.05) is 11.6 Å². The highest BCUT2D eigenvalue weighted by molar-refractivity contribution is 6.31. The number of halogens is 2. The molecule has 0 spiro atoms. The molecule has 1 N–H and O–H groups in total. The van der Waals surface area contributed by atoms with Crippen molar-refractivity contribution in [3.05, 3.63) is 71.8 Å². The molecule has 2 aromatic carbocycles. The van der Waals surface area contributed by atoms with Crippen molar-refractivity contribution in [1.29, 1.82) is 0 Å². The second-order valence-corrected chi connectivity index (χ2v) is 6.29. The molecule has 126 valence electrons. The zero-order chi connectivity index (χ0) is 17.7. The SMILES string of the molecule is Fc1ccc(-c2nc3ncccn3c2-c2nc3ccc(Cl)cc3[nH]2)cc1. The van der Waals surface area contributed by atoms with Crippen LogP contribution in [0.2, 0.25) is 5.02 Å². The number of aromatic amines is 1. The minimum Gasteiger partial charge on any atom is -0.337 e. The Morgan fingerprint density at radius 2 is 1.88 bits per heavy atom. The van der Waals surface area contributed by atoms with Crippen molar-refractivity contribution in [3.8, 4) is 22.8 Å². The summed E-state index contributed by atoms with van der Waals surface area (Å²) in [7, 11) is 0. The number of benzene rings is 2. The van der Waals surface area contributed by atoms with Crippen LogP contribution in [0, 0.1) is 5.82 Å². The molecule has 0 saturated carbocycles. The number of rotatable bonds is 2. The van der Waals surface area contributed by atoms with E-state index in [0.717, 1.165) is 22.3 Å². The van der Waals surface area contributed by atoms with E-state index in [0.29, 0.717) is 22.3 Å². The molecule has 26 heavy (non-hydrogen) atoms. The minimum atomic E-state index is -0.296. The van der Waals surface area contributed by atoms with Crippen LogP contribution in [0.4, 0.5) is 4.39 Å². The summed E-state index contributed by atoms with van der Waals surface area (Å²) in [5, 5.41) is 0.631. The average Bonchev–Trinajstić information content (AvgIpc) is 3.22. The maximum Gasteiger partial charge on any atom is 0.234 e. The molecule has 0 aliphatic rings. The van der Waals surface area contributed by atoms with E-state index in [-0.39, 0.29) is 5.82 Å². The predicted molar refractivity (Wildman–Crippen MR) is 98.5 cm³/mol. The van der Waals surface area contributed by atoms with Gasteiger partial charge in [0.2, 0.25) is 5.78 Å². The summed E-state index contributed by atoms with van der Waals surface area (Å²) in [5.41, 5.74) is 3.84. The Labute approximate surface area is 152 Å². The third-order valence-electron chi connectivity index (χ3n) is 4.19. The van der Waals surface area contributed by atoms with Gasteiger partial charge in [-0.2, -0.15) is 0 Å². The van der Waals surface area contributed by atoms with Crippen LogP contribution >= 0.6 is 11.6 Å². The third-order valence-corrected chi connectivity index (χ3v) is 4.42. The molecule has 3 heterocycles. The van der Waals surface area contributed by atoms with Crippen LogP contribution in [0.1, 0.15) is 0 Å². The minimum absolute atomic E-state index is 0.296. The molecule has 0 unspecified atom stereocenters. The van der Waals surface area contributed by atoms with Crippen molar-refractivity contribution >= 4 is 28.4 Å². The number of nitrogens with one attached hydrogen (secondary N) is 1. The highest BCUT2D eigenvalue weighted by atomic mass is 35.5. The van der Waals surface area contributed by atoms with Crippen LogP contribution in [0.5, 0.6) is 0 Å². The summed E-state index contributed by atoms with van der Waals surface area (Å²) >= 11 is 6.08. The van der Waals surface area contributed by atoms with Crippen molar-refractivity contribution in [2.45, 2.75) is 0 Å². The molecule has 0 radical (unpaired) electrons. The topological polar surface area (TPSA) is 58.9 Å². The monoisotopic (exact) mass is 363 g/mol. The lowest BCUT2D eigenvalue weighted by Gasteiger charge is -2.02. The summed E-state index contributed by atoms with van der Waals surface area (Å²) in [6.07, 6.45) is 3.55. The van der Waals surface area contributed by atoms with E-state index in [9.17, 15) is 4.39 Å². The molecule has 5 nitrogen and oxygen atoms in total. The molecule has 5 aromatic rings. The molecule has 0 amide bonds. The van der Waals surface area contributed by atoms with Gasteiger partial charge in [0.05, 0.1) is 11.0 Å². The average molecular weight is 364 g/mol. The summed E-state index contributed by atoms with van der Waals surface area (Å²) in [5.74, 6) is 0.887. The number of hydrogen-bond donors (Lipinski definition) is 1. The number of fused-ring (bicyclic) bond motifs is 2. The molecule has 0 aliphatic heterocycles. The highest BCUT2D eigenvalue weighted by Gasteiger charge is 2.19. The predicted octanol–water partition coefficient (Wildman–Crippen LogP) is 4.73. The first-order valence-corrected chi connectivity index (χ1v) is 8.31. The Morgan fingerprint density at radius 1 is 1.04 bits per heavy atom. The number of imidazole rings is 2. The van der Waals surface area contributed by atoms with E-state index in [1.165, 1.54) is 12.1 Å². The normalized spacial score (nSPS) is 11.5. The van der Waals surface area contributed by atoms with Crippen LogP contribution in [-0.4, -0.2) is 24.3 Å². The molecule has 0 atom stereocenters. The summed E-state index contributed by atoms with van der Waals surface area (Å²) in [6, 6.07) is 13.5. The Kier molecular flexibility index (Phi) is 3.26. The van der Waals surface area contributed by atoms with Crippen molar-refractivity contribution in [1.82, 2.24) is 24.3 Å². The number of H-pyrrole nitrogens is 1. The van der Waals surface area contributed by atoms with E-state index >= 15 is 0 Å². The number of aromatic nitrogens is 5. The second-order valence-electron chi connectivity index (χ2n) is 5.85. The first kappa shape index (κ1) is 15.0. The van der Waals surface area contributed by atoms with Gasteiger partial charge in [-0.25, -0.2) is 19.3 Å². The molecule has 5 rings (SSSR count). The smallest absolute Gasteiger partial charge is 0.234 e. The molecular formula is C19H11ClFN5. The quantitative estimate of drug-likeness (QED) is 0.493. The first-order chi connectivity index (χ1) is 12.7. The molecule has 0 bridgehead atoms. The van der Waals surface area contributed by atoms with E-state index < -0.39 is 0 Å². The van der Waals surface area contributed by atoms with Crippen LogP contribution < -0.4 is 0 Å². The van der Waals surface area contributed by atoms with Crippen molar-refractivity contribution in [3.63, 3.8) is 0 Å². The summed E-state index contributed by atoms with van der Waals surface area (Å²) < 4.78 is 15.2. The largest absolute Gasteiger partial charge is 0.337 e. The second kappa shape index (κ2) is 5.64. The van der Waals surface area contributed by atoms with Gasteiger partial charge in [-0.05, 0) is 48.5 Å². The summed E-state index contributed by atoms with van der Waals surface area (Å²) in [4.78, 5) is 16.9. The Hall–Kier alpha value is -3.25. The van der Waals surface area contributed by atoms with Gasteiger partial charge in [0.15, 0.2) is 5.82 Å². The van der Waals surface area contributed by atoms with Gasteiger partial charge in [-0.15, -0.1) is 0 Å². The molecule has 0 saturated heterocycles. The molecule has 7 heteroatoms. The number of hydrogen-bond acceptors (Lipinski definition) is 3.